The van der Waals surface area contributed by atoms with Crippen LogP contribution in [-0.2, 0) is 0 Å². The first-order valence-corrected chi connectivity index (χ1v) is 6.54. The highest BCUT2D eigenvalue weighted by Gasteiger charge is 2.12. The SMILES string of the molecule is Cc1ccc(C(=O)Nc2ccccc2C(C)O)s1. The second-order valence-electron chi connectivity index (χ2n) is 4.13. The van der Waals surface area contributed by atoms with Gasteiger partial charge in [0.25, 0.3) is 5.91 Å². The van der Waals surface area contributed by atoms with E-state index in [0.717, 1.165) is 10.4 Å². The molecule has 0 aliphatic heterocycles. The van der Waals surface area contributed by atoms with Crippen molar-refractivity contribution >= 4 is 22.9 Å². The Kier molecular flexibility index (Phi) is 3.79. The third-order valence-electron chi connectivity index (χ3n) is 2.62. The molecule has 0 saturated heterocycles. The van der Waals surface area contributed by atoms with Crippen LogP contribution in [0.2, 0.25) is 0 Å². The van der Waals surface area contributed by atoms with Crippen LogP contribution < -0.4 is 5.32 Å². The molecule has 1 aromatic carbocycles. The van der Waals surface area contributed by atoms with Gasteiger partial charge in [-0.3, -0.25) is 4.79 Å². The van der Waals surface area contributed by atoms with Crippen molar-refractivity contribution in [2.45, 2.75) is 20.0 Å². The third-order valence-corrected chi connectivity index (χ3v) is 3.62. The molecule has 1 unspecified atom stereocenters. The van der Waals surface area contributed by atoms with E-state index >= 15 is 0 Å². The molecule has 0 fully saturated rings. The van der Waals surface area contributed by atoms with Crippen LogP contribution in [0.1, 0.15) is 33.1 Å². The summed E-state index contributed by atoms with van der Waals surface area (Å²) in [6.45, 7) is 3.64. The first-order chi connectivity index (χ1) is 8.58. The van der Waals surface area contributed by atoms with Gasteiger partial charge >= 0.3 is 0 Å². The van der Waals surface area contributed by atoms with E-state index in [4.69, 9.17) is 0 Å². The standard InChI is InChI=1S/C14H15NO2S/c1-9-7-8-13(18-9)14(17)15-12-6-4-3-5-11(12)10(2)16/h3-8,10,16H,1-2H3,(H,15,17). The lowest BCUT2D eigenvalue weighted by atomic mass is 10.1. The van der Waals surface area contributed by atoms with Crippen LogP contribution >= 0.6 is 11.3 Å². The highest BCUT2D eigenvalue weighted by atomic mass is 32.1. The van der Waals surface area contributed by atoms with Gasteiger partial charge in [-0.25, -0.2) is 0 Å². The van der Waals surface area contributed by atoms with Gasteiger partial charge in [0.1, 0.15) is 0 Å². The molecule has 0 aliphatic carbocycles. The Hall–Kier alpha value is -1.65. The first kappa shape index (κ1) is 12.8. The highest BCUT2D eigenvalue weighted by Crippen LogP contribution is 2.24. The Labute approximate surface area is 110 Å². The van der Waals surface area contributed by atoms with Crippen molar-refractivity contribution in [2.24, 2.45) is 0 Å². The van der Waals surface area contributed by atoms with Crippen LogP contribution in [0.4, 0.5) is 5.69 Å². The quantitative estimate of drug-likeness (QED) is 0.890. The molecule has 18 heavy (non-hydrogen) atoms. The lowest BCUT2D eigenvalue weighted by Gasteiger charge is -2.12. The maximum atomic E-state index is 12.0. The smallest absolute Gasteiger partial charge is 0.265 e. The summed E-state index contributed by atoms with van der Waals surface area (Å²) in [4.78, 5) is 13.8. The topological polar surface area (TPSA) is 49.3 Å². The predicted molar refractivity (Wildman–Crippen MR) is 74.1 cm³/mol. The van der Waals surface area contributed by atoms with Crippen molar-refractivity contribution in [1.29, 1.82) is 0 Å². The molecular weight excluding hydrogens is 246 g/mol. The van der Waals surface area contributed by atoms with E-state index in [1.54, 1.807) is 25.1 Å². The van der Waals surface area contributed by atoms with Crippen LogP contribution in [-0.4, -0.2) is 11.0 Å². The predicted octanol–water partition coefficient (Wildman–Crippen LogP) is 3.36. The number of benzene rings is 1. The number of aryl methyl sites for hydroxylation is 1. The summed E-state index contributed by atoms with van der Waals surface area (Å²) < 4.78 is 0. The van der Waals surface area contributed by atoms with E-state index in [-0.39, 0.29) is 5.91 Å². The van der Waals surface area contributed by atoms with Crippen LogP contribution in [0.3, 0.4) is 0 Å². The number of carbonyl (C=O) groups excluding carboxylic acids is 1. The Bertz CT molecular complexity index is 560. The number of nitrogens with one attached hydrogen (secondary N) is 1. The first-order valence-electron chi connectivity index (χ1n) is 5.72. The molecule has 0 radical (unpaired) electrons. The molecule has 94 valence electrons. The maximum Gasteiger partial charge on any atom is 0.265 e. The van der Waals surface area contributed by atoms with Crippen molar-refractivity contribution in [3.63, 3.8) is 0 Å². The second-order valence-corrected chi connectivity index (χ2v) is 5.42. The van der Waals surface area contributed by atoms with Crippen molar-refractivity contribution in [2.75, 3.05) is 5.32 Å². The lowest BCUT2D eigenvalue weighted by Crippen LogP contribution is -2.12. The zero-order valence-corrected chi connectivity index (χ0v) is 11.1. The van der Waals surface area contributed by atoms with Crippen molar-refractivity contribution in [1.82, 2.24) is 0 Å². The van der Waals surface area contributed by atoms with Gasteiger partial charge in [0.05, 0.1) is 11.0 Å². The number of anilines is 1. The van der Waals surface area contributed by atoms with E-state index in [2.05, 4.69) is 5.32 Å². The molecule has 3 nitrogen and oxygen atoms in total. The maximum absolute atomic E-state index is 12.0. The molecule has 2 aromatic rings. The fraction of sp³-hybridized carbons (Fsp3) is 0.214. The number of hydrogen-bond acceptors (Lipinski definition) is 3. The molecule has 0 bridgehead atoms. The van der Waals surface area contributed by atoms with Crippen molar-refractivity contribution in [3.8, 4) is 0 Å². The average molecular weight is 261 g/mol. The Morgan fingerprint density at radius 3 is 2.61 bits per heavy atom. The summed E-state index contributed by atoms with van der Waals surface area (Å²) in [5.74, 6) is -0.138. The minimum absolute atomic E-state index is 0.138. The van der Waals surface area contributed by atoms with Crippen molar-refractivity contribution in [3.05, 3.63) is 51.7 Å². The average Bonchev–Trinajstić information content (AvgIpc) is 2.76. The van der Waals surface area contributed by atoms with Gasteiger partial charge in [0.15, 0.2) is 0 Å². The van der Waals surface area contributed by atoms with E-state index < -0.39 is 6.10 Å². The van der Waals surface area contributed by atoms with Crippen LogP contribution in [0.25, 0.3) is 0 Å². The van der Waals surface area contributed by atoms with E-state index in [0.29, 0.717) is 10.6 Å². The van der Waals surface area contributed by atoms with Gasteiger partial charge in [-0.15, -0.1) is 11.3 Å². The summed E-state index contributed by atoms with van der Waals surface area (Å²) in [5, 5.41) is 12.5. The number of thiophene rings is 1. The zero-order chi connectivity index (χ0) is 13.1. The molecule has 0 saturated carbocycles. The number of hydrogen-bond donors (Lipinski definition) is 2. The summed E-state index contributed by atoms with van der Waals surface area (Å²) in [6.07, 6.45) is -0.605. The van der Waals surface area contributed by atoms with Crippen LogP contribution in [0.5, 0.6) is 0 Å². The molecule has 0 aliphatic rings. The Morgan fingerprint density at radius 1 is 1.28 bits per heavy atom. The molecule has 1 heterocycles. The molecule has 1 amide bonds. The van der Waals surface area contributed by atoms with Gasteiger partial charge in [-0.05, 0) is 32.0 Å². The van der Waals surface area contributed by atoms with Gasteiger partial charge in [-0.2, -0.15) is 0 Å². The molecule has 4 heteroatoms. The van der Waals surface area contributed by atoms with Crippen LogP contribution in [0, 0.1) is 6.92 Å². The van der Waals surface area contributed by atoms with Gasteiger partial charge in [0, 0.05) is 16.1 Å². The summed E-state index contributed by atoms with van der Waals surface area (Å²) >= 11 is 1.45. The minimum atomic E-state index is -0.605. The summed E-state index contributed by atoms with van der Waals surface area (Å²) in [7, 11) is 0. The Morgan fingerprint density at radius 2 is 2.00 bits per heavy atom. The lowest BCUT2D eigenvalue weighted by molar-refractivity contribution is 0.103. The van der Waals surface area contributed by atoms with Crippen molar-refractivity contribution < 1.29 is 9.90 Å². The molecule has 1 aromatic heterocycles. The number of carbonyl (C=O) groups is 1. The number of para-hydroxylation sites is 1. The number of amides is 1. The minimum Gasteiger partial charge on any atom is -0.389 e. The normalized spacial score (nSPS) is 12.2. The van der Waals surface area contributed by atoms with E-state index in [1.165, 1.54) is 11.3 Å². The molecule has 2 rings (SSSR count). The molecule has 0 spiro atoms. The third kappa shape index (κ3) is 2.78. The monoisotopic (exact) mass is 261 g/mol. The van der Waals surface area contributed by atoms with Crippen LogP contribution in [0.15, 0.2) is 36.4 Å². The number of aliphatic hydroxyl groups is 1. The van der Waals surface area contributed by atoms with Gasteiger partial charge in [-0.1, -0.05) is 18.2 Å². The van der Waals surface area contributed by atoms with Gasteiger partial charge in [0.2, 0.25) is 0 Å². The molecule has 2 N–H and O–H groups in total. The molecular formula is C14H15NO2S. The fourth-order valence-corrected chi connectivity index (χ4v) is 2.48. The zero-order valence-electron chi connectivity index (χ0n) is 10.3. The largest absolute Gasteiger partial charge is 0.389 e. The highest BCUT2D eigenvalue weighted by molar-refractivity contribution is 7.14. The second kappa shape index (κ2) is 5.33. The fourth-order valence-electron chi connectivity index (χ4n) is 1.72. The summed E-state index contributed by atoms with van der Waals surface area (Å²) in [5.41, 5.74) is 1.38. The number of aliphatic hydroxyl groups excluding tert-OH is 1. The van der Waals surface area contributed by atoms with E-state index in [9.17, 15) is 9.90 Å². The summed E-state index contributed by atoms with van der Waals surface area (Å²) in [6, 6.07) is 11.0. The van der Waals surface area contributed by atoms with E-state index in [1.807, 2.05) is 25.1 Å². The van der Waals surface area contributed by atoms with Gasteiger partial charge < -0.3 is 10.4 Å². The Balaban J connectivity index is 2.22. The number of rotatable bonds is 3. The molecule has 1 atom stereocenters.